The van der Waals surface area contributed by atoms with Gasteiger partial charge in [0, 0.05) is 52.6 Å². The Morgan fingerprint density at radius 2 is 1.15 bits per heavy atom. The van der Waals surface area contributed by atoms with E-state index in [4.69, 9.17) is 18.8 Å². The molecule has 0 saturated heterocycles. The molecule has 0 atom stereocenters. The lowest BCUT2D eigenvalue weighted by molar-refractivity contribution is 0.370. The molecule has 0 amide bonds. The van der Waals surface area contributed by atoms with Gasteiger partial charge in [0.05, 0.1) is 28.0 Å². The van der Waals surface area contributed by atoms with Crippen molar-refractivity contribution in [3.05, 3.63) is 180 Å². The average Bonchev–Trinajstić information content (AvgIpc) is 4.02. The molecule has 0 radical (unpaired) electrons. The molecular formula is C65H65N3O3. The number of nitrogens with zero attached hydrogens (tertiary/aromatic N) is 3. The molecule has 0 unspecified atom stereocenters. The minimum absolute atomic E-state index is 0.0844. The van der Waals surface area contributed by atoms with Crippen molar-refractivity contribution in [2.75, 3.05) is 0 Å². The quantitative estimate of drug-likeness (QED) is 0.164. The van der Waals surface area contributed by atoms with E-state index in [0.29, 0.717) is 11.4 Å². The van der Waals surface area contributed by atoms with Gasteiger partial charge in [-0.15, -0.1) is 0 Å². The Balaban J connectivity index is 1.24. The van der Waals surface area contributed by atoms with Crippen molar-refractivity contribution < 1.29 is 13.9 Å². The van der Waals surface area contributed by atoms with Crippen molar-refractivity contribution in [1.29, 1.82) is 0 Å². The van der Waals surface area contributed by atoms with E-state index in [9.17, 15) is 5.11 Å². The van der Waals surface area contributed by atoms with Crippen LogP contribution < -0.4 is 0 Å². The second-order valence-corrected chi connectivity index (χ2v) is 23.6. The molecule has 0 aliphatic rings. The van der Waals surface area contributed by atoms with Gasteiger partial charge in [-0.2, -0.15) is 0 Å². The fourth-order valence-corrected chi connectivity index (χ4v) is 9.70. The molecule has 10 aromatic rings. The minimum Gasteiger partial charge on any atom is -0.507 e. The van der Waals surface area contributed by atoms with Gasteiger partial charge in [0.15, 0.2) is 11.2 Å². The number of phenols is 1. The summed E-state index contributed by atoms with van der Waals surface area (Å²) in [5.41, 5.74) is 16.5. The van der Waals surface area contributed by atoms with Gasteiger partial charge < -0.3 is 13.9 Å². The van der Waals surface area contributed by atoms with E-state index in [1.54, 1.807) is 0 Å². The largest absolute Gasteiger partial charge is 0.507 e. The molecule has 358 valence electrons. The van der Waals surface area contributed by atoms with E-state index in [1.807, 2.05) is 30.5 Å². The fraction of sp³-hybridized carbons (Fsp3) is 0.262. The first-order valence-corrected chi connectivity index (χ1v) is 24.9. The van der Waals surface area contributed by atoms with Gasteiger partial charge in [-0.1, -0.05) is 168 Å². The summed E-state index contributed by atoms with van der Waals surface area (Å²) in [6, 6.07) is 53.4. The van der Waals surface area contributed by atoms with Crippen LogP contribution in [0.15, 0.2) is 167 Å². The molecule has 0 fully saturated rings. The molecule has 4 heterocycles. The monoisotopic (exact) mass is 936 g/mol. The number of imidazole rings is 1. The summed E-state index contributed by atoms with van der Waals surface area (Å²) in [5.74, 6) is 2.52. The summed E-state index contributed by atoms with van der Waals surface area (Å²) in [5, 5.41) is 12.7. The maximum Gasteiger partial charge on any atom is 0.173 e. The summed E-state index contributed by atoms with van der Waals surface area (Å²) in [4.78, 5) is 10.7. The normalized spacial score (nSPS) is 12.6. The molecule has 4 aromatic heterocycles. The molecule has 6 aromatic carbocycles. The molecule has 0 spiro atoms. The average molecular weight is 936 g/mol. The first-order chi connectivity index (χ1) is 33.6. The molecule has 71 heavy (non-hydrogen) atoms. The highest BCUT2D eigenvalue weighted by Crippen LogP contribution is 2.47. The number of rotatable bonds is 8. The van der Waals surface area contributed by atoms with Crippen LogP contribution in [0, 0.1) is 5.41 Å². The maximum absolute atomic E-state index is 12.7. The number of aromatic nitrogens is 3. The Bertz CT molecular complexity index is 3570. The predicted octanol–water partition coefficient (Wildman–Crippen LogP) is 17.9. The number of hydrogen-bond acceptors (Lipinski definition) is 5. The number of pyridine rings is 1. The van der Waals surface area contributed by atoms with Crippen LogP contribution in [-0.2, 0) is 22.7 Å². The molecular weight excluding hydrogens is 871 g/mol. The van der Waals surface area contributed by atoms with E-state index >= 15 is 0 Å². The lowest BCUT2D eigenvalue weighted by Gasteiger charge is -2.27. The SMILES string of the molecule is CC(C)(C)Cc1cc2oc(-c3ccc(-n4c(-c5cc(C(C)(C)C)cc(C(C)(C)C)c5O)nc5c(-c6cc(-c7cc(-c8ccccc8)ccn7)cc(C(C)(C)C)c6)cccc54)c(-c4ccccc4)c3)cc2o1. The van der Waals surface area contributed by atoms with Crippen LogP contribution in [0.3, 0.4) is 0 Å². The number of aromatic hydroxyl groups is 1. The predicted molar refractivity (Wildman–Crippen MR) is 294 cm³/mol. The summed E-state index contributed by atoms with van der Waals surface area (Å²) < 4.78 is 15.1. The number of fused-ring (bicyclic) bond motifs is 2. The zero-order valence-corrected chi connectivity index (χ0v) is 43.3. The van der Waals surface area contributed by atoms with Crippen molar-refractivity contribution in [2.24, 2.45) is 5.41 Å². The summed E-state index contributed by atoms with van der Waals surface area (Å²) in [7, 11) is 0. The topological polar surface area (TPSA) is 77.2 Å². The number of furan rings is 2. The highest BCUT2D eigenvalue weighted by molar-refractivity contribution is 5.98. The Hall–Kier alpha value is -7.44. The lowest BCUT2D eigenvalue weighted by atomic mass is 9.79. The highest BCUT2D eigenvalue weighted by Gasteiger charge is 2.30. The Morgan fingerprint density at radius 3 is 1.82 bits per heavy atom. The Labute approximate surface area is 419 Å². The molecule has 0 saturated carbocycles. The number of hydrogen-bond donors (Lipinski definition) is 1. The van der Waals surface area contributed by atoms with Crippen LogP contribution >= 0.6 is 0 Å². The third-order valence-electron chi connectivity index (χ3n) is 13.6. The van der Waals surface area contributed by atoms with E-state index < -0.39 is 0 Å². The number of para-hydroxylation sites is 1. The second kappa shape index (κ2) is 17.4. The molecule has 0 bridgehead atoms. The lowest BCUT2D eigenvalue weighted by Crippen LogP contribution is -2.17. The van der Waals surface area contributed by atoms with Gasteiger partial charge in [-0.05, 0) is 110 Å². The van der Waals surface area contributed by atoms with E-state index in [-0.39, 0.29) is 27.4 Å². The number of phenolic OH excluding ortho intramolecular Hbond substituents is 1. The first kappa shape index (κ1) is 47.2. The second-order valence-electron chi connectivity index (χ2n) is 23.6. The van der Waals surface area contributed by atoms with Gasteiger partial charge >= 0.3 is 0 Å². The van der Waals surface area contributed by atoms with E-state index in [0.717, 1.165) is 107 Å². The van der Waals surface area contributed by atoms with Crippen LogP contribution in [0.1, 0.15) is 106 Å². The molecule has 6 heteroatoms. The van der Waals surface area contributed by atoms with E-state index in [1.165, 1.54) is 5.56 Å². The van der Waals surface area contributed by atoms with Crippen molar-refractivity contribution in [2.45, 2.75) is 106 Å². The summed E-state index contributed by atoms with van der Waals surface area (Å²) in [6.07, 6.45) is 2.72. The van der Waals surface area contributed by atoms with Gasteiger partial charge in [0.1, 0.15) is 23.1 Å². The van der Waals surface area contributed by atoms with Crippen LogP contribution in [0.2, 0.25) is 0 Å². The van der Waals surface area contributed by atoms with Crippen LogP contribution in [0.25, 0.3) is 95.2 Å². The number of benzene rings is 6. The van der Waals surface area contributed by atoms with Gasteiger partial charge in [-0.3, -0.25) is 9.55 Å². The summed E-state index contributed by atoms with van der Waals surface area (Å²) in [6.45, 7) is 26.6. The molecule has 6 nitrogen and oxygen atoms in total. The molecule has 1 N–H and O–H groups in total. The van der Waals surface area contributed by atoms with Crippen LogP contribution in [0.5, 0.6) is 5.75 Å². The van der Waals surface area contributed by atoms with Crippen LogP contribution in [-0.4, -0.2) is 19.6 Å². The molecule has 10 rings (SSSR count). The summed E-state index contributed by atoms with van der Waals surface area (Å²) >= 11 is 0. The van der Waals surface area contributed by atoms with Crippen molar-refractivity contribution in [3.63, 3.8) is 0 Å². The molecule has 0 aliphatic heterocycles. The fourth-order valence-electron chi connectivity index (χ4n) is 9.70. The van der Waals surface area contributed by atoms with Crippen molar-refractivity contribution in [1.82, 2.24) is 14.5 Å². The first-order valence-electron chi connectivity index (χ1n) is 24.9. The zero-order valence-electron chi connectivity index (χ0n) is 43.3. The van der Waals surface area contributed by atoms with Gasteiger partial charge in [0.25, 0.3) is 0 Å². The maximum atomic E-state index is 12.7. The third-order valence-corrected chi connectivity index (χ3v) is 13.6. The third kappa shape index (κ3) is 9.36. The van der Waals surface area contributed by atoms with Gasteiger partial charge in [0.2, 0.25) is 0 Å². The van der Waals surface area contributed by atoms with Crippen LogP contribution in [0.4, 0.5) is 0 Å². The smallest absolute Gasteiger partial charge is 0.173 e. The van der Waals surface area contributed by atoms with Crippen molar-refractivity contribution >= 4 is 22.2 Å². The van der Waals surface area contributed by atoms with Gasteiger partial charge in [-0.25, -0.2) is 4.98 Å². The Morgan fingerprint density at radius 1 is 0.493 bits per heavy atom. The highest BCUT2D eigenvalue weighted by atomic mass is 16.4. The minimum atomic E-state index is -0.357. The standard InChI is InChI=1S/C65H65N3O3/c1-62(2,3)39-48-37-57-58(70-48)38-56(71-57)43-26-27-54(50(33-43)41-22-17-14-18-23-41)68-55-25-19-24-49(59(55)67-61(68)51-35-47(64(7,8)9)36-52(60(51)69)65(10,11)12)44-30-45(32-46(31-44)63(4,5)6)53-34-42(28-29-66-53)40-20-15-13-16-21-40/h13-38,69H,39H2,1-12H3. The molecule has 0 aliphatic carbocycles. The zero-order chi connectivity index (χ0) is 50.2. The Kier molecular flexibility index (Phi) is 11.6. The van der Waals surface area contributed by atoms with Crippen molar-refractivity contribution in [3.8, 4) is 78.8 Å². The van der Waals surface area contributed by atoms with E-state index in [2.05, 4.69) is 215 Å².